The summed E-state index contributed by atoms with van der Waals surface area (Å²) < 4.78 is 35.9. The minimum atomic E-state index is -2.93. The van der Waals surface area contributed by atoms with Crippen molar-refractivity contribution in [2.24, 2.45) is 0 Å². The summed E-state index contributed by atoms with van der Waals surface area (Å²) in [5.41, 5.74) is 2.81. The molecule has 5 nitrogen and oxygen atoms in total. The van der Waals surface area contributed by atoms with Gasteiger partial charge in [0.2, 0.25) is 0 Å². The highest BCUT2D eigenvalue weighted by atomic mass is 32.2. The van der Waals surface area contributed by atoms with Crippen molar-refractivity contribution in [3.63, 3.8) is 0 Å². The van der Waals surface area contributed by atoms with E-state index in [4.69, 9.17) is 23.4 Å². The van der Waals surface area contributed by atoms with Crippen LogP contribution in [0.5, 0.6) is 0 Å². The zero-order valence-corrected chi connectivity index (χ0v) is 34.3. The van der Waals surface area contributed by atoms with Crippen LogP contribution in [0.1, 0.15) is 37.5 Å². The van der Waals surface area contributed by atoms with E-state index < -0.39 is 38.2 Å². The number of thioether (sulfide) groups is 1. The fourth-order valence-electron chi connectivity index (χ4n) is 7.58. The normalized spacial score (nSPS) is 20.1. The van der Waals surface area contributed by atoms with Crippen LogP contribution in [0.15, 0.2) is 187 Å². The van der Waals surface area contributed by atoms with Gasteiger partial charge in [0.1, 0.15) is 29.9 Å². The van der Waals surface area contributed by atoms with Crippen LogP contribution >= 0.6 is 11.8 Å². The number of benzene rings is 6. The Morgan fingerprint density at radius 1 is 0.482 bits per heavy atom. The van der Waals surface area contributed by atoms with Gasteiger partial charge < -0.3 is 23.4 Å². The minimum Gasteiger partial charge on any atom is -0.405 e. The molecule has 0 aliphatic carbocycles. The third kappa shape index (κ3) is 9.79. The van der Waals surface area contributed by atoms with E-state index >= 15 is 0 Å². The highest BCUT2D eigenvalue weighted by Gasteiger charge is 2.53. The second-order valence-electron chi connectivity index (χ2n) is 15.2. The zero-order chi connectivity index (χ0) is 38.6. The summed E-state index contributed by atoms with van der Waals surface area (Å²) in [5, 5.41) is 2.22. The molecule has 0 N–H and O–H groups in total. The summed E-state index contributed by atoms with van der Waals surface area (Å²) >= 11 is 1.66. The average Bonchev–Trinajstić information content (AvgIpc) is 3.24. The molecule has 0 aromatic heterocycles. The van der Waals surface area contributed by atoms with Crippen LogP contribution in [-0.4, -0.2) is 44.8 Å². The summed E-state index contributed by atoms with van der Waals surface area (Å²) in [7, 11) is -2.93. The summed E-state index contributed by atoms with van der Waals surface area (Å²) in [6.07, 6.45) is -1.98. The van der Waals surface area contributed by atoms with Gasteiger partial charge >= 0.3 is 0 Å². The largest absolute Gasteiger partial charge is 0.405 e. The molecule has 1 saturated heterocycles. The Bertz CT molecular complexity index is 1980. The summed E-state index contributed by atoms with van der Waals surface area (Å²) in [6, 6.07) is 62.8. The maximum Gasteiger partial charge on any atom is 0.261 e. The molecular formula is C49H52O5SSi. The topological polar surface area (TPSA) is 46.2 Å². The molecule has 5 atom stereocenters. The quantitative estimate of drug-likeness (QED) is 0.0913. The number of ether oxygens (including phenoxy) is 4. The molecule has 1 fully saturated rings. The Morgan fingerprint density at radius 2 is 0.857 bits per heavy atom. The lowest BCUT2D eigenvalue weighted by molar-refractivity contribution is -0.251. The van der Waals surface area contributed by atoms with Crippen molar-refractivity contribution in [2.75, 3.05) is 6.61 Å². The highest BCUT2D eigenvalue weighted by Crippen LogP contribution is 2.41. The monoisotopic (exact) mass is 780 g/mol. The lowest BCUT2D eigenvalue weighted by Crippen LogP contribution is -2.68. The van der Waals surface area contributed by atoms with E-state index in [0.717, 1.165) is 21.6 Å². The molecule has 288 valence electrons. The number of hydrogen-bond acceptors (Lipinski definition) is 6. The van der Waals surface area contributed by atoms with Crippen LogP contribution < -0.4 is 10.4 Å². The van der Waals surface area contributed by atoms with Crippen LogP contribution in [0.4, 0.5) is 0 Å². The fraction of sp³-hybridized carbons (Fsp3) is 0.265. The predicted octanol–water partition coefficient (Wildman–Crippen LogP) is 9.84. The van der Waals surface area contributed by atoms with E-state index in [1.165, 1.54) is 10.4 Å². The van der Waals surface area contributed by atoms with Crippen molar-refractivity contribution in [3.8, 4) is 0 Å². The first-order valence-electron chi connectivity index (χ1n) is 19.5. The van der Waals surface area contributed by atoms with Gasteiger partial charge in [0.25, 0.3) is 8.32 Å². The molecule has 1 heterocycles. The smallest absolute Gasteiger partial charge is 0.261 e. The van der Waals surface area contributed by atoms with E-state index in [-0.39, 0.29) is 5.04 Å². The molecule has 0 unspecified atom stereocenters. The molecule has 1 aliphatic heterocycles. The van der Waals surface area contributed by atoms with Crippen molar-refractivity contribution >= 4 is 30.5 Å². The average molecular weight is 781 g/mol. The molecule has 0 bridgehead atoms. The van der Waals surface area contributed by atoms with Crippen LogP contribution in [0.25, 0.3) is 0 Å². The van der Waals surface area contributed by atoms with Crippen molar-refractivity contribution in [2.45, 2.75) is 80.4 Å². The van der Waals surface area contributed by atoms with Crippen LogP contribution in [-0.2, 0) is 43.2 Å². The molecule has 0 radical (unpaired) electrons. The standard InChI is InChI=1S/C49H52O5SSi/c1-49(2,3)56(42-30-18-8-19-31-42,43-32-20-9-21-33-43)53-37-44-45(50-34-38-22-10-4-11-23-38)46(51-35-39-24-12-5-13-25-39)47(52-36-40-26-14-6-15-27-40)48(54-44)55-41-28-16-7-17-29-41/h4-33,44-48H,34-37H2,1-3H3/t44-,45-,46+,47-,48+/m1/s1. The summed E-state index contributed by atoms with van der Waals surface area (Å²) in [4.78, 5) is 1.09. The molecule has 0 spiro atoms. The maximum absolute atomic E-state index is 7.59. The Labute approximate surface area is 338 Å². The predicted molar refractivity (Wildman–Crippen MR) is 230 cm³/mol. The van der Waals surface area contributed by atoms with Crippen LogP contribution in [0, 0.1) is 0 Å². The van der Waals surface area contributed by atoms with Gasteiger partial charge in [-0.2, -0.15) is 0 Å². The lowest BCUT2D eigenvalue weighted by atomic mass is 9.99. The molecular weight excluding hydrogens is 729 g/mol. The zero-order valence-electron chi connectivity index (χ0n) is 32.5. The van der Waals surface area contributed by atoms with E-state index in [1.807, 2.05) is 60.7 Å². The fourth-order valence-corrected chi connectivity index (χ4v) is 13.3. The first kappa shape index (κ1) is 39.9. The van der Waals surface area contributed by atoms with Gasteiger partial charge in [-0.05, 0) is 44.2 Å². The van der Waals surface area contributed by atoms with Crippen molar-refractivity contribution < 1.29 is 23.4 Å². The molecule has 6 aromatic carbocycles. The van der Waals surface area contributed by atoms with E-state index in [0.29, 0.717) is 26.4 Å². The molecule has 1 aliphatic rings. The Morgan fingerprint density at radius 3 is 1.29 bits per heavy atom. The van der Waals surface area contributed by atoms with Crippen molar-refractivity contribution in [1.29, 1.82) is 0 Å². The van der Waals surface area contributed by atoms with Gasteiger partial charge in [0.15, 0.2) is 0 Å². The van der Waals surface area contributed by atoms with Gasteiger partial charge in [-0.15, -0.1) is 0 Å². The molecule has 0 amide bonds. The third-order valence-corrected chi connectivity index (χ3v) is 16.5. The Hall–Kier alpha value is -4.31. The third-order valence-electron chi connectivity index (χ3n) is 10.3. The lowest BCUT2D eigenvalue weighted by Gasteiger charge is -2.48. The van der Waals surface area contributed by atoms with Gasteiger partial charge in [-0.25, -0.2) is 0 Å². The van der Waals surface area contributed by atoms with Crippen molar-refractivity contribution in [3.05, 3.63) is 199 Å². The second-order valence-corrected chi connectivity index (χ2v) is 20.7. The first-order valence-corrected chi connectivity index (χ1v) is 22.3. The van der Waals surface area contributed by atoms with Gasteiger partial charge in [0, 0.05) is 4.90 Å². The van der Waals surface area contributed by atoms with E-state index in [2.05, 4.69) is 142 Å². The Kier molecular flexibility index (Phi) is 13.7. The van der Waals surface area contributed by atoms with E-state index in [1.54, 1.807) is 11.8 Å². The summed E-state index contributed by atoms with van der Waals surface area (Å²) in [5.74, 6) is 0. The first-order chi connectivity index (χ1) is 27.4. The molecule has 6 aromatic rings. The summed E-state index contributed by atoms with van der Waals surface area (Å²) in [6.45, 7) is 8.40. The van der Waals surface area contributed by atoms with Crippen molar-refractivity contribution in [1.82, 2.24) is 0 Å². The molecule has 7 rings (SSSR count). The Balaban J connectivity index is 1.30. The highest BCUT2D eigenvalue weighted by molar-refractivity contribution is 7.99. The number of hydrogen-bond donors (Lipinski definition) is 0. The van der Waals surface area contributed by atoms with Crippen LogP contribution in [0.2, 0.25) is 5.04 Å². The van der Waals surface area contributed by atoms with Gasteiger partial charge in [-0.3, -0.25) is 0 Å². The minimum absolute atomic E-state index is 0.215. The number of rotatable bonds is 16. The molecule has 56 heavy (non-hydrogen) atoms. The second kappa shape index (κ2) is 19.2. The molecule has 0 saturated carbocycles. The van der Waals surface area contributed by atoms with Crippen LogP contribution in [0.3, 0.4) is 0 Å². The van der Waals surface area contributed by atoms with Gasteiger partial charge in [-0.1, -0.05) is 202 Å². The SMILES string of the molecule is CC(C)(C)[Si](OC[C@H]1O[C@@H](Sc2ccccc2)[C@H](OCc2ccccc2)[C@@H](OCc2ccccc2)[C@@H]1OCc1ccccc1)(c1ccccc1)c1ccccc1. The van der Waals surface area contributed by atoms with E-state index in [9.17, 15) is 0 Å². The molecule has 7 heteroatoms. The van der Waals surface area contributed by atoms with Gasteiger partial charge in [0.05, 0.1) is 26.4 Å². The maximum atomic E-state index is 7.59.